The molecule has 2 rings (SSSR count). The highest BCUT2D eigenvalue weighted by atomic mass is 32.1. The van der Waals surface area contributed by atoms with Crippen molar-refractivity contribution >= 4 is 28.3 Å². The molecule has 2 heterocycles. The number of anilines is 1. The maximum Gasteiger partial charge on any atom is 0.358 e. The molecule has 0 aliphatic carbocycles. The molecule has 0 radical (unpaired) electrons. The molecule has 0 unspecified atom stereocenters. The lowest BCUT2D eigenvalue weighted by atomic mass is 10.2. The average Bonchev–Trinajstić information content (AvgIpc) is 2.97. The zero-order valence-electron chi connectivity index (χ0n) is 11.5. The Morgan fingerprint density at radius 1 is 1.33 bits per heavy atom. The van der Waals surface area contributed by atoms with Crippen molar-refractivity contribution in [2.75, 3.05) is 5.32 Å². The number of aromatic nitrogens is 5. The predicted octanol–water partition coefficient (Wildman–Crippen LogP) is 0.727. The summed E-state index contributed by atoms with van der Waals surface area (Å²) in [6.07, 6.45) is 1.21. The second-order valence-electron chi connectivity index (χ2n) is 4.27. The molecular formula is C11H14N6O3S. The van der Waals surface area contributed by atoms with E-state index in [9.17, 15) is 9.59 Å². The van der Waals surface area contributed by atoms with Gasteiger partial charge in [-0.15, -0.1) is 15.3 Å². The van der Waals surface area contributed by atoms with E-state index in [0.717, 1.165) is 11.4 Å². The van der Waals surface area contributed by atoms with Gasteiger partial charge in [0.25, 0.3) is 0 Å². The third kappa shape index (κ3) is 3.60. The minimum atomic E-state index is -1.15. The molecule has 0 saturated carbocycles. The number of carboxylic acid groups (broad SMARTS) is 1. The molecular weight excluding hydrogens is 296 g/mol. The summed E-state index contributed by atoms with van der Waals surface area (Å²) in [6.45, 7) is 3.57. The zero-order chi connectivity index (χ0) is 15.4. The van der Waals surface area contributed by atoms with Crippen LogP contribution in [0.5, 0.6) is 0 Å². The van der Waals surface area contributed by atoms with Gasteiger partial charge in [-0.1, -0.05) is 29.9 Å². The Morgan fingerprint density at radius 2 is 2.10 bits per heavy atom. The number of hydrogen-bond donors (Lipinski definition) is 2. The van der Waals surface area contributed by atoms with E-state index in [0.29, 0.717) is 17.2 Å². The maximum absolute atomic E-state index is 11.9. The van der Waals surface area contributed by atoms with Crippen LogP contribution in [0.1, 0.15) is 34.5 Å². The number of rotatable bonds is 6. The first-order chi connectivity index (χ1) is 10.0. The smallest absolute Gasteiger partial charge is 0.358 e. The van der Waals surface area contributed by atoms with Crippen LogP contribution in [0.15, 0.2) is 0 Å². The summed E-state index contributed by atoms with van der Waals surface area (Å²) in [6, 6.07) is 0. The van der Waals surface area contributed by atoms with Crippen molar-refractivity contribution in [1.82, 2.24) is 25.2 Å². The van der Waals surface area contributed by atoms with Gasteiger partial charge >= 0.3 is 5.97 Å². The summed E-state index contributed by atoms with van der Waals surface area (Å²) in [7, 11) is 0. The molecule has 0 aliphatic rings. The fraction of sp³-hybridized carbons (Fsp3) is 0.455. The second-order valence-corrected chi connectivity index (χ2v) is 5.45. The highest BCUT2D eigenvalue weighted by molar-refractivity contribution is 7.15. The quantitative estimate of drug-likeness (QED) is 0.806. The van der Waals surface area contributed by atoms with Crippen LogP contribution < -0.4 is 5.32 Å². The first-order valence-electron chi connectivity index (χ1n) is 6.26. The number of nitrogens with zero attached hydrogens (tertiary/aromatic N) is 5. The Kier molecular flexibility index (Phi) is 4.58. The van der Waals surface area contributed by atoms with Gasteiger partial charge in [-0.25, -0.2) is 9.48 Å². The molecule has 0 atom stereocenters. The van der Waals surface area contributed by atoms with E-state index >= 15 is 0 Å². The SMILES string of the molecule is CCCc1c(C(=O)O)nnn1CC(=O)Nc1nnc(C)s1. The van der Waals surface area contributed by atoms with E-state index in [1.54, 1.807) is 6.92 Å². The van der Waals surface area contributed by atoms with E-state index in [4.69, 9.17) is 5.11 Å². The van der Waals surface area contributed by atoms with Gasteiger partial charge < -0.3 is 5.11 Å². The van der Waals surface area contributed by atoms with E-state index in [1.165, 1.54) is 16.0 Å². The predicted molar refractivity (Wildman–Crippen MR) is 74.3 cm³/mol. The number of carbonyl (C=O) groups is 2. The molecule has 112 valence electrons. The summed E-state index contributed by atoms with van der Waals surface area (Å²) in [5.74, 6) is -1.50. The fourth-order valence-electron chi connectivity index (χ4n) is 1.75. The van der Waals surface area contributed by atoms with Crippen molar-refractivity contribution in [2.24, 2.45) is 0 Å². The molecule has 0 aromatic carbocycles. The molecule has 2 aromatic heterocycles. The van der Waals surface area contributed by atoms with E-state index in [1.807, 2.05) is 6.92 Å². The molecule has 0 bridgehead atoms. The summed E-state index contributed by atoms with van der Waals surface area (Å²) < 4.78 is 1.30. The van der Waals surface area contributed by atoms with Crippen molar-refractivity contribution in [3.63, 3.8) is 0 Å². The zero-order valence-corrected chi connectivity index (χ0v) is 12.3. The monoisotopic (exact) mass is 310 g/mol. The van der Waals surface area contributed by atoms with Crippen LogP contribution in [0.2, 0.25) is 0 Å². The fourth-order valence-corrected chi connectivity index (χ4v) is 2.36. The number of carboxylic acids is 1. The topological polar surface area (TPSA) is 123 Å². The first kappa shape index (κ1) is 15.0. The van der Waals surface area contributed by atoms with Gasteiger partial charge in [0.15, 0.2) is 5.69 Å². The molecule has 1 amide bonds. The van der Waals surface area contributed by atoms with Gasteiger partial charge in [0.05, 0.1) is 5.69 Å². The number of nitrogens with one attached hydrogen (secondary N) is 1. The van der Waals surface area contributed by atoms with Crippen LogP contribution in [0, 0.1) is 6.92 Å². The Bertz CT molecular complexity index is 665. The molecule has 0 saturated heterocycles. The third-order valence-electron chi connectivity index (χ3n) is 2.59. The number of amides is 1. The van der Waals surface area contributed by atoms with Crippen LogP contribution in [0.4, 0.5) is 5.13 Å². The normalized spacial score (nSPS) is 10.6. The van der Waals surface area contributed by atoms with Crippen LogP contribution in [-0.2, 0) is 17.8 Å². The molecule has 2 N–H and O–H groups in total. The first-order valence-corrected chi connectivity index (χ1v) is 7.08. The van der Waals surface area contributed by atoms with Gasteiger partial charge in [0.2, 0.25) is 11.0 Å². The number of hydrogen-bond acceptors (Lipinski definition) is 7. The molecule has 0 spiro atoms. The van der Waals surface area contributed by atoms with Gasteiger partial charge in [-0.05, 0) is 13.3 Å². The summed E-state index contributed by atoms with van der Waals surface area (Å²) >= 11 is 1.26. The Labute approximate surface area is 124 Å². The summed E-state index contributed by atoms with van der Waals surface area (Å²) in [5.41, 5.74) is 0.324. The van der Waals surface area contributed by atoms with Crippen molar-refractivity contribution in [3.05, 3.63) is 16.4 Å². The molecule has 9 nitrogen and oxygen atoms in total. The van der Waals surface area contributed by atoms with Gasteiger partial charge in [0.1, 0.15) is 11.6 Å². The van der Waals surface area contributed by atoms with Crippen molar-refractivity contribution in [2.45, 2.75) is 33.2 Å². The van der Waals surface area contributed by atoms with E-state index in [2.05, 4.69) is 25.8 Å². The highest BCUT2D eigenvalue weighted by Gasteiger charge is 2.19. The lowest BCUT2D eigenvalue weighted by Gasteiger charge is -2.05. The molecule has 2 aromatic rings. The van der Waals surface area contributed by atoms with Gasteiger partial charge in [0, 0.05) is 0 Å². The number of carbonyl (C=O) groups excluding carboxylic acids is 1. The Morgan fingerprint density at radius 3 is 2.67 bits per heavy atom. The van der Waals surface area contributed by atoms with Crippen molar-refractivity contribution in [1.29, 1.82) is 0 Å². The molecule has 21 heavy (non-hydrogen) atoms. The van der Waals surface area contributed by atoms with Crippen LogP contribution in [0.3, 0.4) is 0 Å². The molecule has 0 aliphatic heterocycles. The van der Waals surface area contributed by atoms with Crippen LogP contribution >= 0.6 is 11.3 Å². The Hall–Kier alpha value is -2.36. The second kappa shape index (κ2) is 6.39. The van der Waals surface area contributed by atoms with Crippen LogP contribution in [0.25, 0.3) is 0 Å². The van der Waals surface area contributed by atoms with Crippen molar-refractivity contribution in [3.8, 4) is 0 Å². The van der Waals surface area contributed by atoms with Crippen molar-refractivity contribution < 1.29 is 14.7 Å². The van der Waals surface area contributed by atoms with Gasteiger partial charge in [-0.3, -0.25) is 10.1 Å². The minimum absolute atomic E-state index is 0.114. The third-order valence-corrected chi connectivity index (χ3v) is 3.35. The molecule has 0 fully saturated rings. The van der Waals surface area contributed by atoms with E-state index < -0.39 is 5.97 Å². The largest absolute Gasteiger partial charge is 0.476 e. The summed E-state index contributed by atoms with van der Waals surface area (Å²) in [4.78, 5) is 23.0. The summed E-state index contributed by atoms with van der Waals surface area (Å²) in [5, 5.41) is 27.7. The standard InChI is InChI=1S/C11H14N6O3S/c1-3-4-7-9(10(19)20)14-16-17(7)5-8(18)12-11-15-13-6(2)21-11/h3-5H2,1-2H3,(H,19,20)(H,12,15,18). The number of aromatic carboxylic acids is 1. The van der Waals surface area contributed by atoms with E-state index in [-0.39, 0.29) is 18.1 Å². The van der Waals surface area contributed by atoms with Crippen LogP contribution in [-0.4, -0.2) is 42.2 Å². The number of aryl methyl sites for hydroxylation is 1. The lowest BCUT2D eigenvalue weighted by Crippen LogP contribution is -2.21. The average molecular weight is 310 g/mol. The highest BCUT2D eigenvalue weighted by Crippen LogP contribution is 2.14. The minimum Gasteiger partial charge on any atom is -0.476 e. The lowest BCUT2D eigenvalue weighted by molar-refractivity contribution is -0.117. The van der Waals surface area contributed by atoms with Gasteiger partial charge in [-0.2, -0.15) is 0 Å². The molecule has 10 heteroatoms. The Balaban J connectivity index is 2.11. The maximum atomic E-state index is 11.9.